The Labute approximate surface area is 172 Å². The van der Waals surface area contributed by atoms with Crippen molar-refractivity contribution in [1.82, 2.24) is 19.8 Å². The van der Waals surface area contributed by atoms with Gasteiger partial charge in [0.05, 0.1) is 27.1 Å². The molecule has 0 saturated heterocycles. The molecule has 0 aliphatic heterocycles. The van der Waals surface area contributed by atoms with Crippen LogP contribution in [0.25, 0.3) is 0 Å². The fraction of sp³-hybridized carbons (Fsp3) is 0.444. The van der Waals surface area contributed by atoms with Gasteiger partial charge in [0.2, 0.25) is 0 Å². The zero-order valence-corrected chi connectivity index (χ0v) is 18.1. The summed E-state index contributed by atoms with van der Waals surface area (Å²) in [5.41, 5.74) is 1.08. The van der Waals surface area contributed by atoms with E-state index in [9.17, 15) is 0 Å². The Balaban J connectivity index is 0.00000338. The van der Waals surface area contributed by atoms with Gasteiger partial charge in [0, 0.05) is 50.7 Å². The molecule has 7 nitrogen and oxygen atoms in total. The van der Waals surface area contributed by atoms with Crippen molar-refractivity contribution < 1.29 is 9.47 Å². The van der Waals surface area contributed by atoms with E-state index in [0.717, 1.165) is 36.1 Å². The second-order valence-corrected chi connectivity index (χ2v) is 5.57. The van der Waals surface area contributed by atoms with Crippen molar-refractivity contribution in [3.8, 4) is 11.5 Å². The number of guanidine groups is 1. The molecule has 144 valence electrons. The highest BCUT2D eigenvalue weighted by Crippen LogP contribution is 2.25. The number of aliphatic imine (C=N–C) groups is 1. The van der Waals surface area contributed by atoms with Gasteiger partial charge in [-0.2, -0.15) is 0 Å². The third-order valence-corrected chi connectivity index (χ3v) is 3.78. The van der Waals surface area contributed by atoms with Crippen molar-refractivity contribution in [3.05, 3.63) is 42.5 Å². The predicted octanol–water partition coefficient (Wildman–Crippen LogP) is 2.62. The molecule has 1 aromatic carbocycles. The summed E-state index contributed by atoms with van der Waals surface area (Å²) in [6.07, 6.45) is 5.51. The minimum atomic E-state index is 0. The number of hydrogen-bond acceptors (Lipinski definition) is 4. The van der Waals surface area contributed by atoms with Crippen molar-refractivity contribution in [3.63, 3.8) is 0 Å². The Morgan fingerprint density at radius 3 is 2.73 bits per heavy atom. The number of rotatable bonds is 8. The lowest BCUT2D eigenvalue weighted by atomic mass is 10.2. The molecule has 0 spiro atoms. The van der Waals surface area contributed by atoms with Gasteiger partial charge in [0.1, 0.15) is 11.5 Å². The van der Waals surface area contributed by atoms with Crippen LogP contribution in [-0.4, -0.2) is 54.8 Å². The first-order chi connectivity index (χ1) is 12.2. The second-order valence-electron chi connectivity index (χ2n) is 5.57. The molecule has 0 bridgehead atoms. The summed E-state index contributed by atoms with van der Waals surface area (Å²) in [5.74, 6) is 2.45. The maximum Gasteiger partial charge on any atom is 0.194 e. The lowest BCUT2D eigenvalue weighted by Crippen LogP contribution is -2.38. The Morgan fingerprint density at radius 1 is 1.31 bits per heavy atom. The van der Waals surface area contributed by atoms with Crippen LogP contribution in [0.2, 0.25) is 0 Å². The van der Waals surface area contributed by atoms with E-state index in [0.29, 0.717) is 13.1 Å². The van der Waals surface area contributed by atoms with Gasteiger partial charge in [0.25, 0.3) is 0 Å². The molecule has 1 aromatic heterocycles. The van der Waals surface area contributed by atoms with Crippen LogP contribution in [0.15, 0.2) is 41.9 Å². The topological polar surface area (TPSA) is 63.9 Å². The molecule has 1 N–H and O–H groups in total. The highest BCUT2D eigenvalue weighted by molar-refractivity contribution is 14.0. The van der Waals surface area contributed by atoms with E-state index < -0.39 is 0 Å². The van der Waals surface area contributed by atoms with Crippen LogP contribution >= 0.6 is 24.0 Å². The quantitative estimate of drug-likeness (QED) is 0.363. The molecule has 0 atom stereocenters. The standard InChI is InChI=1S/C18H27N5O2.HI/c1-5-20-18(21-9-11-23-10-8-19-14-23)22(2)13-15-6-7-16(24-3)12-17(15)25-4;/h6-8,10,12,14H,5,9,11,13H2,1-4H3,(H,20,21);1H. The van der Waals surface area contributed by atoms with E-state index in [2.05, 4.69) is 22.1 Å². The van der Waals surface area contributed by atoms with Crippen LogP contribution in [0.4, 0.5) is 0 Å². The maximum absolute atomic E-state index is 5.48. The minimum absolute atomic E-state index is 0. The number of methoxy groups -OCH3 is 2. The van der Waals surface area contributed by atoms with Crippen LogP contribution in [0, 0.1) is 0 Å². The van der Waals surface area contributed by atoms with Gasteiger partial charge >= 0.3 is 0 Å². The molecule has 1 heterocycles. The van der Waals surface area contributed by atoms with E-state index in [1.54, 1.807) is 26.7 Å². The monoisotopic (exact) mass is 473 g/mol. The highest BCUT2D eigenvalue weighted by atomic mass is 127. The van der Waals surface area contributed by atoms with Crippen LogP contribution in [0.3, 0.4) is 0 Å². The van der Waals surface area contributed by atoms with E-state index in [1.807, 2.05) is 36.0 Å². The number of nitrogens with one attached hydrogen (secondary N) is 1. The van der Waals surface area contributed by atoms with Gasteiger partial charge < -0.3 is 24.3 Å². The van der Waals surface area contributed by atoms with Crippen molar-refractivity contribution >= 4 is 29.9 Å². The smallest absolute Gasteiger partial charge is 0.194 e. The van der Waals surface area contributed by atoms with Crippen LogP contribution < -0.4 is 14.8 Å². The molecular formula is C18H28IN5O2. The van der Waals surface area contributed by atoms with Gasteiger partial charge in [-0.15, -0.1) is 24.0 Å². The van der Waals surface area contributed by atoms with E-state index in [4.69, 9.17) is 14.5 Å². The van der Waals surface area contributed by atoms with Gasteiger partial charge in [0.15, 0.2) is 5.96 Å². The molecule has 0 amide bonds. The summed E-state index contributed by atoms with van der Waals surface area (Å²) < 4.78 is 12.7. The number of imidazole rings is 1. The van der Waals surface area contributed by atoms with E-state index in [1.165, 1.54) is 0 Å². The Kier molecular flexibility index (Phi) is 9.85. The largest absolute Gasteiger partial charge is 0.497 e. The minimum Gasteiger partial charge on any atom is -0.497 e. The molecule has 0 saturated carbocycles. The number of halogens is 1. The summed E-state index contributed by atoms with van der Waals surface area (Å²) in [4.78, 5) is 10.8. The zero-order chi connectivity index (χ0) is 18.1. The maximum atomic E-state index is 5.48. The molecular weight excluding hydrogens is 445 g/mol. The number of aromatic nitrogens is 2. The Bertz CT molecular complexity index is 676. The first-order valence-electron chi connectivity index (χ1n) is 8.34. The van der Waals surface area contributed by atoms with E-state index >= 15 is 0 Å². The average Bonchev–Trinajstić information content (AvgIpc) is 3.14. The fourth-order valence-corrected chi connectivity index (χ4v) is 2.47. The lowest BCUT2D eigenvalue weighted by molar-refractivity contribution is 0.382. The Hall–Kier alpha value is -1.97. The van der Waals surface area contributed by atoms with Gasteiger partial charge in [-0.1, -0.05) is 0 Å². The molecule has 0 unspecified atom stereocenters. The van der Waals surface area contributed by atoms with E-state index in [-0.39, 0.29) is 24.0 Å². The second kappa shape index (κ2) is 11.6. The molecule has 2 aromatic rings. The fourth-order valence-electron chi connectivity index (χ4n) is 2.47. The number of nitrogens with zero attached hydrogens (tertiary/aromatic N) is 4. The predicted molar refractivity (Wildman–Crippen MR) is 115 cm³/mol. The molecule has 8 heteroatoms. The van der Waals surface area contributed by atoms with Crippen molar-refractivity contribution in [2.45, 2.75) is 20.0 Å². The summed E-state index contributed by atoms with van der Waals surface area (Å²) >= 11 is 0. The van der Waals surface area contributed by atoms with Crippen LogP contribution in [0.1, 0.15) is 12.5 Å². The Morgan fingerprint density at radius 2 is 2.12 bits per heavy atom. The zero-order valence-electron chi connectivity index (χ0n) is 15.8. The average molecular weight is 473 g/mol. The molecule has 0 radical (unpaired) electrons. The highest BCUT2D eigenvalue weighted by Gasteiger charge is 2.11. The molecule has 0 aliphatic carbocycles. The van der Waals surface area contributed by atoms with Crippen molar-refractivity contribution in [2.75, 3.05) is 34.4 Å². The molecule has 0 aliphatic rings. The summed E-state index contributed by atoms with van der Waals surface area (Å²) in [6, 6.07) is 5.85. The molecule has 0 fully saturated rings. The van der Waals surface area contributed by atoms with Crippen LogP contribution in [-0.2, 0) is 13.1 Å². The number of benzene rings is 1. The van der Waals surface area contributed by atoms with Gasteiger partial charge in [-0.25, -0.2) is 4.98 Å². The van der Waals surface area contributed by atoms with Crippen LogP contribution in [0.5, 0.6) is 11.5 Å². The first kappa shape index (κ1) is 22.1. The number of ether oxygens (including phenoxy) is 2. The summed E-state index contributed by atoms with van der Waals surface area (Å²) in [5, 5.41) is 3.33. The lowest BCUT2D eigenvalue weighted by Gasteiger charge is -2.23. The normalized spacial score (nSPS) is 10.8. The molecule has 26 heavy (non-hydrogen) atoms. The van der Waals surface area contributed by atoms with Gasteiger partial charge in [-0.3, -0.25) is 4.99 Å². The van der Waals surface area contributed by atoms with Crippen molar-refractivity contribution in [2.24, 2.45) is 4.99 Å². The SMILES string of the molecule is CCNC(=NCCn1ccnc1)N(C)Cc1ccc(OC)cc1OC.I. The number of hydrogen-bond donors (Lipinski definition) is 1. The first-order valence-corrected chi connectivity index (χ1v) is 8.34. The third-order valence-electron chi connectivity index (χ3n) is 3.78. The summed E-state index contributed by atoms with van der Waals surface area (Å²) in [6.45, 7) is 5.04. The van der Waals surface area contributed by atoms with Gasteiger partial charge in [-0.05, 0) is 19.1 Å². The summed E-state index contributed by atoms with van der Waals surface area (Å²) in [7, 11) is 5.34. The van der Waals surface area contributed by atoms with Crippen molar-refractivity contribution in [1.29, 1.82) is 0 Å². The third kappa shape index (κ3) is 6.40. The molecule has 2 rings (SSSR count).